The first-order valence-electron chi connectivity index (χ1n) is 8.83. The maximum Gasteiger partial charge on any atom is 0.276 e. The van der Waals surface area contributed by atoms with Gasteiger partial charge in [0.1, 0.15) is 23.0 Å². The van der Waals surface area contributed by atoms with Crippen molar-refractivity contribution in [3.8, 4) is 23.0 Å². The van der Waals surface area contributed by atoms with E-state index in [1.54, 1.807) is 55.6 Å². The Kier molecular flexibility index (Phi) is 6.67. The Bertz CT molecular complexity index is 958. The van der Waals surface area contributed by atoms with Crippen LogP contribution in [0.5, 0.6) is 23.0 Å². The summed E-state index contributed by atoms with van der Waals surface area (Å²) in [6, 6.07) is 22.7. The van der Waals surface area contributed by atoms with E-state index in [0.717, 1.165) is 0 Å². The molecule has 0 radical (unpaired) electrons. The molecule has 0 saturated carbocycles. The number of para-hydroxylation sites is 1. The number of nitrogens with one attached hydrogen (secondary N) is 2. The minimum Gasteiger partial charge on any atom is -0.497 e. The van der Waals surface area contributed by atoms with E-state index >= 15 is 0 Å². The number of benzene rings is 3. The zero-order chi connectivity index (χ0) is 20.5. The molecule has 2 amide bonds. The monoisotopic (exact) mass is 392 g/mol. The van der Waals surface area contributed by atoms with Gasteiger partial charge in [0.2, 0.25) is 0 Å². The van der Waals surface area contributed by atoms with Crippen molar-refractivity contribution in [3.63, 3.8) is 0 Å². The Morgan fingerprint density at radius 2 is 1.45 bits per heavy atom. The summed E-state index contributed by atoms with van der Waals surface area (Å²) in [5.41, 5.74) is 5.01. The number of methoxy groups -OCH3 is 1. The molecule has 29 heavy (non-hydrogen) atoms. The van der Waals surface area contributed by atoms with Crippen LogP contribution in [0.2, 0.25) is 0 Å². The number of carbonyl (C=O) groups is 2. The van der Waals surface area contributed by atoms with Crippen LogP contribution in [-0.4, -0.2) is 25.5 Å². The van der Waals surface area contributed by atoms with Crippen LogP contribution in [0.4, 0.5) is 0 Å². The highest BCUT2D eigenvalue weighted by Gasteiger charge is 2.09. The van der Waals surface area contributed by atoms with E-state index in [1.807, 2.05) is 30.3 Å². The van der Waals surface area contributed by atoms with Crippen molar-refractivity contribution >= 4 is 11.8 Å². The number of hydrazine groups is 1. The smallest absolute Gasteiger partial charge is 0.276 e. The number of hydrogen-bond donors (Lipinski definition) is 2. The summed E-state index contributed by atoms with van der Waals surface area (Å²) in [6.45, 7) is -0.246. The lowest BCUT2D eigenvalue weighted by atomic mass is 10.2. The minimum absolute atomic E-state index is 0.246. The summed E-state index contributed by atoms with van der Waals surface area (Å²) < 4.78 is 16.1. The molecular formula is C22H20N2O5. The SMILES string of the molecule is COc1ccc(OCC(=O)NNC(=O)c2cccc(Oc3ccccc3)c2)cc1. The van der Waals surface area contributed by atoms with Crippen LogP contribution in [-0.2, 0) is 4.79 Å². The van der Waals surface area contributed by atoms with E-state index in [9.17, 15) is 9.59 Å². The van der Waals surface area contributed by atoms with Crippen molar-refractivity contribution in [2.75, 3.05) is 13.7 Å². The number of ether oxygens (including phenoxy) is 3. The maximum absolute atomic E-state index is 12.3. The third-order valence-electron chi connectivity index (χ3n) is 3.82. The molecule has 0 aliphatic rings. The number of rotatable bonds is 7. The van der Waals surface area contributed by atoms with E-state index < -0.39 is 11.8 Å². The summed E-state index contributed by atoms with van der Waals surface area (Å²) in [5.74, 6) is 1.41. The highest BCUT2D eigenvalue weighted by molar-refractivity contribution is 5.95. The molecule has 148 valence electrons. The molecule has 0 aliphatic heterocycles. The molecule has 3 rings (SSSR count). The van der Waals surface area contributed by atoms with Crippen molar-refractivity contribution in [3.05, 3.63) is 84.4 Å². The average molecular weight is 392 g/mol. The number of carbonyl (C=O) groups excluding carboxylic acids is 2. The summed E-state index contributed by atoms with van der Waals surface area (Å²) in [5, 5.41) is 0. The predicted molar refractivity (Wildman–Crippen MR) is 107 cm³/mol. The summed E-state index contributed by atoms with van der Waals surface area (Å²) >= 11 is 0. The molecule has 2 N–H and O–H groups in total. The lowest BCUT2D eigenvalue weighted by Gasteiger charge is -2.10. The lowest BCUT2D eigenvalue weighted by Crippen LogP contribution is -2.43. The van der Waals surface area contributed by atoms with Crippen LogP contribution in [0.1, 0.15) is 10.4 Å². The molecule has 7 nitrogen and oxygen atoms in total. The topological polar surface area (TPSA) is 85.9 Å². The molecule has 7 heteroatoms. The second kappa shape index (κ2) is 9.80. The Morgan fingerprint density at radius 1 is 0.759 bits per heavy atom. The summed E-state index contributed by atoms with van der Waals surface area (Å²) in [4.78, 5) is 24.1. The van der Waals surface area contributed by atoms with Gasteiger partial charge in [-0.2, -0.15) is 0 Å². The molecule has 0 unspecified atom stereocenters. The van der Waals surface area contributed by atoms with Crippen LogP contribution in [0, 0.1) is 0 Å². The fraction of sp³-hybridized carbons (Fsp3) is 0.0909. The summed E-state index contributed by atoms with van der Waals surface area (Å²) in [7, 11) is 1.56. The zero-order valence-corrected chi connectivity index (χ0v) is 15.8. The van der Waals surface area contributed by atoms with Crippen LogP contribution < -0.4 is 25.1 Å². The fourth-order valence-corrected chi connectivity index (χ4v) is 2.38. The van der Waals surface area contributed by atoms with Crippen LogP contribution in [0.3, 0.4) is 0 Å². The van der Waals surface area contributed by atoms with E-state index in [0.29, 0.717) is 28.6 Å². The van der Waals surface area contributed by atoms with Gasteiger partial charge in [-0.15, -0.1) is 0 Å². The van der Waals surface area contributed by atoms with Crippen LogP contribution >= 0.6 is 0 Å². The third kappa shape index (κ3) is 6.00. The quantitative estimate of drug-likeness (QED) is 0.603. The van der Waals surface area contributed by atoms with Gasteiger partial charge in [0.15, 0.2) is 6.61 Å². The number of amides is 2. The van der Waals surface area contributed by atoms with E-state index in [1.165, 1.54) is 0 Å². The van der Waals surface area contributed by atoms with E-state index in [-0.39, 0.29) is 6.61 Å². The molecule has 0 aromatic heterocycles. The van der Waals surface area contributed by atoms with Gasteiger partial charge < -0.3 is 14.2 Å². The van der Waals surface area contributed by atoms with Crippen molar-refractivity contribution in [1.29, 1.82) is 0 Å². The molecule has 0 saturated heterocycles. The van der Waals surface area contributed by atoms with Crippen LogP contribution in [0.25, 0.3) is 0 Å². The normalized spacial score (nSPS) is 9.97. The van der Waals surface area contributed by atoms with Gasteiger partial charge in [-0.05, 0) is 54.6 Å². The second-order valence-corrected chi connectivity index (χ2v) is 5.91. The van der Waals surface area contributed by atoms with Crippen molar-refractivity contribution in [1.82, 2.24) is 10.9 Å². The van der Waals surface area contributed by atoms with Gasteiger partial charge in [-0.1, -0.05) is 24.3 Å². The first kappa shape index (κ1) is 19.8. The van der Waals surface area contributed by atoms with Gasteiger partial charge in [0, 0.05) is 5.56 Å². The standard InChI is InChI=1S/C22H20N2O5/c1-27-17-10-12-18(13-11-17)28-15-21(25)23-24-22(26)16-6-5-9-20(14-16)29-19-7-3-2-4-8-19/h2-14H,15H2,1H3,(H,23,25)(H,24,26). The fourth-order valence-electron chi connectivity index (χ4n) is 2.38. The molecule has 0 heterocycles. The highest BCUT2D eigenvalue weighted by Crippen LogP contribution is 2.21. The molecule has 0 bridgehead atoms. The molecule has 0 aliphatic carbocycles. The molecule has 0 spiro atoms. The van der Waals surface area contributed by atoms with E-state index in [4.69, 9.17) is 14.2 Å². The van der Waals surface area contributed by atoms with Crippen molar-refractivity contribution in [2.24, 2.45) is 0 Å². The Hall–Kier alpha value is -4.00. The largest absolute Gasteiger partial charge is 0.497 e. The van der Waals surface area contributed by atoms with Crippen LogP contribution in [0.15, 0.2) is 78.9 Å². The van der Waals surface area contributed by atoms with Gasteiger partial charge in [0.05, 0.1) is 7.11 Å². The zero-order valence-electron chi connectivity index (χ0n) is 15.8. The maximum atomic E-state index is 12.3. The predicted octanol–water partition coefficient (Wildman–Crippen LogP) is 3.33. The first-order chi connectivity index (χ1) is 14.1. The molecule has 3 aromatic carbocycles. The van der Waals surface area contributed by atoms with E-state index in [2.05, 4.69) is 10.9 Å². The third-order valence-corrected chi connectivity index (χ3v) is 3.82. The van der Waals surface area contributed by atoms with Crippen molar-refractivity contribution < 1.29 is 23.8 Å². The molecule has 0 atom stereocenters. The van der Waals surface area contributed by atoms with Gasteiger partial charge >= 0.3 is 0 Å². The minimum atomic E-state index is -0.495. The second-order valence-electron chi connectivity index (χ2n) is 5.91. The summed E-state index contributed by atoms with van der Waals surface area (Å²) in [6.07, 6.45) is 0. The Labute approximate surface area is 168 Å². The average Bonchev–Trinajstić information content (AvgIpc) is 2.77. The Morgan fingerprint density at radius 3 is 2.17 bits per heavy atom. The first-order valence-corrected chi connectivity index (χ1v) is 8.83. The van der Waals surface area contributed by atoms with Gasteiger partial charge in [0.25, 0.3) is 11.8 Å². The van der Waals surface area contributed by atoms with Gasteiger partial charge in [-0.3, -0.25) is 20.4 Å². The van der Waals surface area contributed by atoms with Crippen molar-refractivity contribution in [2.45, 2.75) is 0 Å². The Balaban J connectivity index is 1.48. The molecule has 0 fully saturated rings. The lowest BCUT2D eigenvalue weighted by molar-refractivity contribution is -0.123. The molecule has 3 aromatic rings. The number of hydrogen-bond acceptors (Lipinski definition) is 5. The highest BCUT2D eigenvalue weighted by atomic mass is 16.5. The molecular weight excluding hydrogens is 372 g/mol. The van der Waals surface area contributed by atoms with Gasteiger partial charge in [-0.25, -0.2) is 0 Å².